The molecule has 0 aliphatic heterocycles. The molecule has 4 rings (SSSR count). The molecule has 0 fully saturated rings. The summed E-state index contributed by atoms with van der Waals surface area (Å²) in [7, 11) is 0. The molecule has 2 aromatic carbocycles. The third kappa shape index (κ3) is 5.12. The van der Waals surface area contributed by atoms with Crippen LogP contribution in [0.4, 0.5) is 0 Å². The number of rotatable bonds is 9. The number of benzene rings is 2. The number of hydrogen-bond donors (Lipinski definition) is 1. The summed E-state index contributed by atoms with van der Waals surface area (Å²) in [4.78, 5) is 4.69. The average Bonchev–Trinajstić information content (AvgIpc) is 3.45. The minimum Gasteiger partial charge on any atom is -0.242 e. The first kappa shape index (κ1) is 20.7. The van der Waals surface area contributed by atoms with E-state index in [1.54, 1.807) is 0 Å². The molecule has 0 atom stereocenters. The number of nitrogens with one attached hydrogen (secondary N) is 1. The molecule has 0 bridgehead atoms. The fourth-order valence-corrected chi connectivity index (χ4v) is 3.52. The number of aromatic nitrogens is 7. The molecule has 0 aliphatic carbocycles. The van der Waals surface area contributed by atoms with Crippen molar-refractivity contribution < 1.29 is 0 Å². The topological polar surface area (TPSA) is 85.2 Å². The SMILES string of the molecule is CCC=Cc1nc(CCC)nn1Cc1ccc(Cc2ccccc2-c2nn[nH]n2)cc1. The highest BCUT2D eigenvalue weighted by Gasteiger charge is 2.10. The van der Waals surface area contributed by atoms with E-state index in [1.807, 2.05) is 22.9 Å². The molecule has 2 heterocycles. The van der Waals surface area contributed by atoms with Gasteiger partial charge in [-0.25, -0.2) is 9.67 Å². The lowest BCUT2D eigenvalue weighted by molar-refractivity contribution is 0.662. The Morgan fingerprint density at radius 2 is 1.81 bits per heavy atom. The highest BCUT2D eigenvalue weighted by Crippen LogP contribution is 2.22. The summed E-state index contributed by atoms with van der Waals surface area (Å²) in [5.41, 5.74) is 4.60. The number of aromatic amines is 1. The molecular weight excluding hydrogens is 386 g/mol. The molecular formula is C24H27N7. The molecule has 0 spiro atoms. The van der Waals surface area contributed by atoms with Gasteiger partial charge in [-0.2, -0.15) is 10.3 Å². The fraction of sp³-hybridized carbons (Fsp3) is 0.292. The Labute approximate surface area is 182 Å². The number of H-pyrrole nitrogens is 1. The monoisotopic (exact) mass is 413 g/mol. The zero-order chi connectivity index (χ0) is 21.5. The molecule has 7 nitrogen and oxygen atoms in total. The van der Waals surface area contributed by atoms with Crippen molar-refractivity contribution in [3.63, 3.8) is 0 Å². The van der Waals surface area contributed by atoms with E-state index in [0.29, 0.717) is 12.4 Å². The number of tetrazole rings is 1. The van der Waals surface area contributed by atoms with Crippen LogP contribution in [-0.4, -0.2) is 35.4 Å². The van der Waals surface area contributed by atoms with Gasteiger partial charge < -0.3 is 0 Å². The van der Waals surface area contributed by atoms with Crippen LogP contribution in [0, 0.1) is 0 Å². The summed E-state index contributed by atoms with van der Waals surface area (Å²) in [5.74, 6) is 2.45. The summed E-state index contributed by atoms with van der Waals surface area (Å²) in [5, 5.41) is 19.2. The molecule has 0 saturated carbocycles. The van der Waals surface area contributed by atoms with Gasteiger partial charge in [0.25, 0.3) is 0 Å². The maximum Gasteiger partial charge on any atom is 0.204 e. The van der Waals surface area contributed by atoms with Gasteiger partial charge in [0.05, 0.1) is 6.54 Å². The van der Waals surface area contributed by atoms with Gasteiger partial charge >= 0.3 is 0 Å². The van der Waals surface area contributed by atoms with Crippen molar-refractivity contribution >= 4 is 6.08 Å². The molecule has 0 amide bonds. The summed E-state index contributed by atoms with van der Waals surface area (Å²) < 4.78 is 2.00. The first-order valence-electron chi connectivity index (χ1n) is 10.8. The van der Waals surface area contributed by atoms with E-state index in [9.17, 15) is 0 Å². The second-order valence-electron chi connectivity index (χ2n) is 7.49. The van der Waals surface area contributed by atoms with Gasteiger partial charge in [-0.15, -0.1) is 10.2 Å². The van der Waals surface area contributed by atoms with Gasteiger partial charge in [0, 0.05) is 12.0 Å². The van der Waals surface area contributed by atoms with E-state index in [-0.39, 0.29) is 0 Å². The zero-order valence-corrected chi connectivity index (χ0v) is 18.0. The predicted molar refractivity (Wildman–Crippen MR) is 121 cm³/mol. The molecule has 1 N–H and O–H groups in total. The molecule has 158 valence electrons. The predicted octanol–water partition coefficient (Wildman–Crippen LogP) is 4.47. The maximum atomic E-state index is 4.71. The van der Waals surface area contributed by atoms with Gasteiger partial charge in [0.1, 0.15) is 0 Å². The number of aryl methyl sites for hydroxylation is 1. The zero-order valence-electron chi connectivity index (χ0n) is 18.0. The summed E-state index contributed by atoms with van der Waals surface area (Å²) in [6.45, 7) is 4.98. The van der Waals surface area contributed by atoms with Crippen LogP contribution in [0.5, 0.6) is 0 Å². The van der Waals surface area contributed by atoms with Crippen LogP contribution in [0.25, 0.3) is 17.5 Å². The highest BCUT2D eigenvalue weighted by atomic mass is 15.5. The van der Waals surface area contributed by atoms with E-state index in [2.05, 4.69) is 81.9 Å². The summed E-state index contributed by atoms with van der Waals surface area (Å²) >= 11 is 0. The highest BCUT2D eigenvalue weighted by molar-refractivity contribution is 5.60. The molecule has 2 aromatic heterocycles. The maximum absolute atomic E-state index is 4.71. The lowest BCUT2D eigenvalue weighted by atomic mass is 9.98. The van der Waals surface area contributed by atoms with Crippen LogP contribution in [0.15, 0.2) is 54.6 Å². The first-order valence-corrected chi connectivity index (χ1v) is 10.8. The Morgan fingerprint density at radius 3 is 2.55 bits per heavy atom. The van der Waals surface area contributed by atoms with Crippen LogP contribution in [0.3, 0.4) is 0 Å². The molecule has 0 aliphatic rings. The second-order valence-corrected chi connectivity index (χ2v) is 7.49. The van der Waals surface area contributed by atoms with Gasteiger partial charge in [0.15, 0.2) is 11.6 Å². The van der Waals surface area contributed by atoms with E-state index in [0.717, 1.165) is 42.9 Å². The summed E-state index contributed by atoms with van der Waals surface area (Å²) in [6, 6.07) is 16.9. The van der Waals surface area contributed by atoms with E-state index in [4.69, 9.17) is 5.10 Å². The van der Waals surface area contributed by atoms with Crippen molar-refractivity contribution in [1.29, 1.82) is 0 Å². The molecule has 7 heteroatoms. The number of hydrogen-bond acceptors (Lipinski definition) is 5. The third-order valence-electron chi connectivity index (χ3n) is 5.07. The summed E-state index contributed by atoms with van der Waals surface area (Å²) in [6.07, 6.45) is 7.92. The minimum atomic E-state index is 0.619. The van der Waals surface area contributed by atoms with Crippen LogP contribution in [0.2, 0.25) is 0 Å². The Hall–Kier alpha value is -3.61. The van der Waals surface area contributed by atoms with E-state index >= 15 is 0 Å². The van der Waals surface area contributed by atoms with Crippen molar-refractivity contribution in [1.82, 2.24) is 35.4 Å². The van der Waals surface area contributed by atoms with Crippen molar-refractivity contribution in [2.45, 2.75) is 46.1 Å². The molecule has 4 aromatic rings. The Morgan fingerprint density at radius 1 is 1.00 bits per heavy atom. The molecule has 31 heavy (non-hydrogen) atoms. The molecule has 0 unspecified atom stereocenters. The van der Waals surface area contributed by atoms with Crippen LogP contribution in [0.1, 0.15) is 55.0 Å². The first-order chi connectivity index (χ1) is 15.3. The molecule has 0 radical (unpaired) electrons. The van der Waals surface area contributed by atoms with Gasteiger partial charge in [-0.05, 0) is 47.2 Å². The Balaban J connectivity index is 1.51. The Kier molecular flexibility index (Phi) is 6.62. The van der Waals surface area contributed by atoms with Gasteiger partial charge in [-0.3, -0.25) is 0 Å². The largest absolute Gasteiger partial charge is 0.242 e. The van der Waals surface area contributed by atoms with Crippen LogP contribution in [-0.2, 0) is 19.4 Å². The fourth-order valence-electron chi connectivity index (χ4n) is 3.52. The standard InChI is InChI=1S/C24H27N7/c1-3-5-11-23-25-22(8-4-2)28-31(23)17-19-14-12-18(13-15-19)16-20-9-6-7-10-21(20)24-26-29-30-27-24/h5-7,9-15H,3-4,8,16-17H2,1-2H3,(H,26,27,29,30). The van der Waals surface area contributed by atoms with Crippen molar-refractivity contribution in [3.8, 4) is 11.4 Å². The van der Waals surface area contributed by atoms with Gasteiger partial charge in [-0.1, -0.05) is 68.5 Å². The van der Waals surface area contributed by atoms with E-state index in [1.165, 1.54) is 16.7 Å². The van der Waals surface area contributed by atoms with Crippen LogP contribution >= 0.6 is 0 Å². The van der Waals surface area contributed by atoms with Crippen molar-refractivity contribution in [2.75, 3.05) is 0 Å². The van der Waals surface area contributed by atoms with Gasteiger partial charge in [0.2, 0.25) is 5.82 Å². The number of allylic oxidation sites excluding steroid dienone is 1. The number of nitrogens with zero attached hydrogens (tertiary/aromatic N) is 6. The lowest BCUT2D eigenvalue weighted by Crippen LogP contribution is -2.05. The minimum absolute atomic E-state index is 0.619. The Bertz CT molecular complexity index is 1130. The quantitative estimate of drug-likeness (QED) is 0.437. The third-order valence-corrected chi connectivity index (χ3v) is 5.07. The normalized spacial score (nSPS) is 11.4. The second kappa shape index (κ2) is 9.93. The smallest absolute Gasteiger partial charge is 0.204 e. The molecule has 0 saturated heterocycles. The van der Waals surface area contributed by atoms with Crippen molar-refractivity contribution in [3.05, 3.63) is 82.9 Å². The average molecular weight is 414 g/mol. The van der Waals surface area contributed by atoms with Crippen LogP contribution < -0.4 is 0 Å². The van der Waals surface area contributed by atoms with E-state index < -0.39 is 0 Å². The van der Waals surface area contributed by atoms with Crippen molar-refractivity contribution in [2.24, 2.45) is 0 Å². The lowest BCUT2D eigenvalue weighted by Gasteiger charge is -2.08.